The standard InChI is InChI=1S/C11H10N4O.C8H13NO2.C6H15N.C2H2/c1-7-4-8-5-9(2-3-10(8)16-7)15-11(13)14-6-12;10-7-6-9-5-3-1-2-4-8(9)11;1-6(2)4-5-7-3;1-2/h2-5H,1H3,(H3,13,14,15);7H,1-6H2;6-7H,4-5H2,1-3H3;1-2H. The van der Waals surface area contributed by atoms with E-state index in [1.54, 1.807) is 17.2 Å². The Morgan fingerprint density at radius 1 is 1.31 bits per heavy atom. The maximum Gasteiger partial charge on any atom is 0.222 e. The highest BCUT2D eigenvalue weighted by atomic mass is 16.3. The fourth-order valence-corrected chi connectivity index (χ4v) is 3.21. The number of guanidine groups is 1. The summed E-state index contributed by atoms with van der Waals surface area (Å²) < 4.78 is 5.43. The van der Waals surface area contributed by atoms with E-state index < -0.39 is 0 Å². The maximum atomic E-state index is 11.2. The SMILES string of the molecule is C#C.CNCCC(C)C.Cc1cc2cc(N=C(N)NC#N)ccc2o1.O=CCN1CCCCCC1=O. The van der Waals surface area contributed by atoms with Gasteiger partial charge in [0.05, 0.1) is 12.2 Å². The van der Waals surface area contributed by atoms with E-state index in [0.29, 0.717) is 12.1 Å². The maximum absolute atomic E-state index is 11.2. The summed E-state index contributed by atoms with van der Waals surface area (Å²) in [5.74, 6) is 1.89. The number of carbonyl (C=O) groups excluding carboxylic acids is 2. The second-order valence-electron chi connectivity index (χ2n) is 8.42. The van der Waals surface area contributed by atoms with Crippen LogP contribution in [-0.4, -0.2) is 49.7 Å². The van der Waals surface area contributed by atoms with Crippen LogP contribution < -0.4 is 16.4 Å². The zero-order valence-corrected chi connectivity index (χ0v) is 21.9. The molecule has 0 spiro atoms. The van der Waals surface area contributed by atoms with Gasteiger partial charge >= 0.3 is 0 Å². The summed E-state index contributed by atoms with van der Waals surface area (Å²) >= 11 is 0. The van der Waals surface area contributed by atoms with Crippen LogP contribution in [0.4, 0.5) is 5.69 Å². The first-order chi connectivity index (χ1) is 17.3. The van der Waals surface area contributed by atoms with E-state index >= 15 is 0 Å². The van der Waals surface area contributed by atoms with Gasteiger partial charge in [0.25, 0.3) is 0 Å². The van der Waals surface area contributed by atoms with Crippen LogP contribution in [0.25, 0.3) is 11.0 Å². The van der Waals surface area contributed by atoms with Gasteiger partial charge < -0.3 is 25.2 Å². The molecule has 9 heteroatoms. The molecule has 0 aliphatic carbocycles. The van der Waals surface area contributed by atoms with Crippen LogP contribution in [0.3, 0.4) is 0 Å². The van der Waals surface area contributed by atoms with Crippen LogP contribution in [0.1, 0.15) is 51.7 Å². The number of carbonyl (C=O) groups is 2. The number of benzene rings is 1. The summed E-state index contributed by atoms with van der Waals surface area (Å²) in [4.78, 5) is 27.0. The van der Waals surface area contributed by atoms with Crippen molar-refractivity contribution < 1.29 is 14.0 Å². The normalized spacial score (nSPS) is 13.1. The number of amides is 1. The Hall–Kier alpha value is -3.82. The minimum atomic E-state index is 0.0714. The summed E-state index contributed by atoms with van der Waals surface area (Å²) in [5, 5.41) is 14.7. The third-order valence-electron chi connectivity index (χ3n) is 4.99. The van der Waals surface area contributed by atoms with Crippen molar-refractivity contribution in [2.75, 3.05) is 26.7 Å². The van der Waals surface area contributed by atoms with Crippen molar-refractivity contribution in [3.8, 4) is 19.0 Å². The van der Waals surface area contributed by atoms with Crippen LogP contribution in [0.15, 0.2) is 33.7 Å². The Labute approximate surface area is 215 Å². The molecule has 0 atom stereocenters. The van der Waals surface area contributed by atoms with Gasteiger partial charge in [-0.15, -0.1) is 12.8 Å². The monoisotopic (exact) mass is 496 g/mol. The molecule has 1 aliphatic rings. The highest BCUT2D eigenvalue weighted by Crippen LogP contribution is 2.24. The molecular weight excluding hydrogens is 456 g/mol. The first-order valence-electron chi connectivity index (χ1n) is 12.0. The zero-order valence-electron chi connectivity index (χ0n) is 21.9. The molecule has 2 aromatic rings. The molecule has 3 rings (SSSR count). The molecule has 1 aliphatic heterocycles. The Balaban J connectivity index is 0.000000534. The predicted molar refractivity (Wildman–Crippen MR) is 145 cm³/mol. The molecule has 0 radical (unpaired) electrons. The van der Waals surface area contributed by atoms with Gasteiger partial charge in [-0.25, -0.2) is 4.99 Å². The first-order valence-corrected chi connectivity index (χ1v) is 12.0. The largest absolute Gasteiger partial charge is 0.461 e. The van der Waals surface area contributed by atoms with Crippen molar-refractivity contribution in [3.63, 3.8) is 0 Å². The molecule has 36 heavy (non-hydrogen) atoms. The highest BCUT2D eigenvalue weighted by Gasteiger charge is 2.14. The highest BCUT2D eigenvalue weighted by molar-refractivity contribution is 5.86. The average Bonchev–Trinajstić information content (AvgIpc) is 3.10. The number of rotatable bonds is 6. The van der Waals surface area contributed by atoms with Crippen molar-refractivity contribution in [3.05, 3.63) is 30.0 Å². The van der Waals surface area contributed by atoms with Gasteiger partial charge in [0.1, 0.15) is 17.6 Å². The molecule has 0 bridgehead atoms. The molecule has 0 unspecified atom stereocenters. The lowest BCUT2D eigenvalue weighted by molar-refractivity contribution is -0.132. The number of aryl methyl sites for hydroxylation is 1. The van der Waals surface area contributed by atoms with Gasteiger partial charge in [-0.05, 0) is 70.0 Å². The summed E-state index contributed by atoms with van der Waals surface area (Å²) in [6.45, 7) is 8.54. The zero-order chi connectivity index (χ0) is 27.3. The van der Waals surface area contributed by atoms with Crippen molar-refractivity contribution in [1.82, 2.24) is 15.5 Å². The van der Waals surface area contributed by atoms with Crippen molar-refractivity contribution in [2.45, 2.75) is 52.9 Å². The average molecular weight is 497 g/mol. The number of furan rings is 1. The molecule has 0 saturated carbocycles. The number of aliphatic imine (C=N–C) groups is 1. The van der Waals surface area contributed by atoms with Gasteiger partial charge in [0, 0.05) is 18.4 Å². The van der Waals surface area contributed by atoms with Gasteiger partial charge in [-0.1, -0.05) is 20.3 Å². The van der Waals surface area contributed by atoms with Crippen LogP contribution in [0, 0.1) is 37.1 Å². The summed E-state index contributed by atoms with van der Waals surface area (Å²) in [6, 6.07) is 7.36. The summed E-state index contributed by atoms with van der Waals surface area (Å²) in [6.07, 6.45) is 15.5. The van der Waals surface area contributed by atoms with E-state index in [9.17, 15) is 9.59 Å². The Morgan fingerprint density at radius 2 is 2.03 bits per heavy atom. The van der Waals surface area contributed by atoms with Crippen LogP contribution >= 0.6 is 0 Å². The molecule has 2 heterocycles. The third kappa shape index (κ3) is 13.8. The molecule has 1 fully saturated rings. The molecular formula is C27H40N6O3. The fourth-order valence-electron chi connectivity index (χ4n) is 3.21. The third-order valence-corrected chi connectivity index (χ3v) is 4.99. The van der Waals surface area contributed by atoms with Gasteiger partial charge in [0.15, 0.2) is 6.19 Å². The second kappa shape index (κ2) is 19.5. The number of nitrogens with one attached hydrogen (secondary N) is 2. The fraction of sp³-hybridized carbons (Fsp3) is 0.481. The van der Waals surface area contributed by atoms with Crippen LogP contribution in [0.5, 0.6) is 0 Å². The predicted octanol–water partition coefficient (Wildman–Crippen LogP) is 3.85. The van der Waals surface area contributed by atoms with Crippen molar-refractivity contribution in [1.29, 1.82) is 5.26 Å². The summed E-state index contributed by atoms with van der Waals surface area (Å²) in [7, 11) is 1.99. The van der Waals surface area contributed by atoms with E-state index in [1.807, 2.05) is 32.2 Å². The minimum Gasteiger partial charge on any atom is -0.461 e. The number of nitriles is 1. The van der Waals surface area contributed by atoms with Crippen molar-refractivity contribution >= 4 is 34.8 Å². The van der Waals surface area contributed by atoms with E-state index in [0.717, 1.165) is 61.3 Å². The Morgan fingerprint density at radius 3 is 2.61 bits per heavy atom. The second-order valence-corrected chi connectivity index (χ2v) is 8.42. The topological polar surface area (TPSA) is 137 Å². The van der Waals surface area contributed by atoms with E-state index in [-0.39, 0.29) is 18.4 Å². The van der Waals surface area contributed by atoms with Crippen LogP contribution in [0.2, 0.25) is 0 Å². The molecule has 1 aromatic carbocycles. The Kier molecular flexibility index (Phi) is 17.4. The minimum absolute atomic E-state index is 0.0714. The quantitative estimate of drug-likeness (QED) is 0.138. The number of nitrogens with zero attached hydrogens (tertiary/aromatic N) is 3. The number of likely N-dealkylation sites (tertiary alicyclic amines) is 1. The van der Waals surface area contributed by atoms with Crippen LogP contribution in [-0.2, 0) is 9.59 Å². The lowest BCUT2D eigenvalue weighted by atomic mass is 10.1. The molecule has 9 nitrogen and oxygen atoms in total. The number of aldehydes is 1. The Bertz CT molecular complexity index is 1000. The lowest BCUT2D eigenvalue weighted by Crippen LogP contribution is -2.31. The molecule has 1 amide bonds. The molecule has 4 N–H and O–H groups in total. The number of hydrogen-bond acceptors (Lipinski definition) is 6. The lowest BCUT2D eigenvalue weighted by Gasteiger charge is -2.16. The van der Waals surface area contributed by atoms with Crippen molar-refractivity contribution in [2.24, 2.45) is 16.6 Å². The van der Waals surface area contributed by atoms with E-state index in [4.69, 9.17) is 15.4 Å². The number of fused-ring (bicyclic) bond motifs is 1. The van der Waals surface area contributed by atoms with Gasteiger partial charge in [0.2, 0.25) is 11.9 Å². The van der Waals surface area contributed by atoms with E-state index in [1.165, 1.54) is 6.42 Å². The van der Waals surface area contributed by atoms with E-state index in [2.05, 4.69) is 42.3 Å². The number of nitrogens with two attached hydrogens (primary N) is 1. The number of hydrogen-bond donors (Lipinski definition) is 3. The summed E-state index contributed by atoms with van der Waals surface area (Å²) in [5.41, 5.74) is 6.94. The van der Waals surface area contributed by atoms with Gasteiger partial charge in [-0.3, -0.25) is 10.1 Å². The first kappa shape index (κ1) is 32.2. The molecule has 1 saturated heterocycles. The number of terminal acetylenes is 1. The van der Waals surface area contributed by atoms with Gasteiger partial charge in [-0.2, -0.15) is 5.26 Å². The smallest absolute Gasteiger partial charge is 0.222 e. The molecule has 196 valence electrons. The molecule has 1 aromatic heterocycles.